The topological polar surface area (TPSA) is 83.5 Å². The maximum atomic E-state index is 10.1. The van der Waals surface area contributed by atoms with Gasteiger partial charge in [0.15, 0.2) is 0 Å². The van der Waals surface area contributed by atoms with Gasteiger partial charge in [-0.2, -0.15) is 0 Å². The van der Waals surface area contributed by atoms with Crippen LogP contribution in [0.1, 0.15) is 32.6 Å². The number of carbonyl (C=O) groups is 1. The van der Waals surface area contributed by atoms with Crippen molar-refractivity contribution in [2.75, 3.05) is 6.61 Å². The van der Waals surface area contributed by atoms with E-state index < -0.39 is 12.0 Å². The first-order valence-corrected chi connectivity index (χ1v) is 4.80. The Balaban J connectivity index is 0. The third-order valence-electron chi connectivity index (χ3n) is 1.52. The average Bonchev–Trinajstić information content (AvgIpc) is 2.16. The molecule has 0 aromatic rings. The Hall–Kier alpha value is -0.870. The van der Waals surface area contributed by atoms with Gasteiger partial charge >= 0.3 is 5.97 Å². The van der Waals surface area contributed by atoms with E-state index in [9.17, 15) is 4.79 Å². The number of hydrogen-bond donors (Lipinski definition) is 3. The Morgan fingerprint density at radius 1 is 1.64 bits per heavy atom. The van der Waals surface area contributed by atoms with Crippen molar-refractivity contribution in [3.05, 3.63) is 12.7 Å². The lowest BCUT2D eigenvalue weighted by Gasteiger charge is -2.02. The van der Waals surface area contributed by atoms with E-state index in [0.717, 1.165) is 12.8 Å². The summed E-state index contributed by atoms with van der Waals surface area (Å²) in [5, 5.41) is 16.3. The first-order chi connectivity index (χ1) is 6.59. The summed E-state index contributed by atoms with van der Waals surface area (Å²) in [4.78, 5) is 10.1. The lowest BCUT2D eigenvalue weighted by atomic mass is 10.1. The molecule has 0 heterocycles. The fourth-order valence-electron chi connectivity index (χ4n) is 0.639. The minimum absolute atomic E-state index is 0.226. The molecule has 0 aliphatic rings. The maximum absolute atomic E-state index is 10.1. The van der Waals surface area contributed by atoms with Crippen molar-refractivity contribution in [3.63, 3.8) is 0 Å². The molecule has 0 fully saturated rings. The van der Waals surface area contributed by atoms with Crippen LogP contribution in [0.15, 0.2) is 12.7 Å². The van der Waals surface area contributed by atoms with Gasteiger partial charge in [-0.3, -0.25) is 4.79 Å². The van der Waals surface area contributed by atoms with Gasteiger partial charge in [-0.15, -0.1) is 6.58 Å². The first-order valence-electron chi connectivity index (χ1n) is 4.80. The molecule has 84 valence electrons. The van der Waals surface area contributed by atoms with Gasteiger partial charge in [0.25, 0.3) is 0 Å². The zero-order chi connectivity index (χ0) is 11.4. The van der Waals surface area contributed by atoms with E-state index in [1.807, 2.05) is 6.92 Å². The van der Waals surface area contributed by atoms with Gasteiger partial charge in [0.2, 0.25) is 0 Å². The van der Waals surface area contributed by atoms with Crippen LogP contribution in [-0.2, 0) is 4.79 Å². The van der Waals surface area contributed by atoms with Gasteiger partial charge in [-0.05, 0) is 12.8 Å². The van der Waals surface area contributed by atoms with Crippen molar-refractivity contribution >= 4 is 5.97 Å². The molecule has 0 rings (SSSR count). The lowest BCUT2D eigenvalue weighted by Crippen LogP contribution is -2.29. The van der Waals surface area contributed by atoms with Gasteiger partial charge in [0, 0.05) is 6.61 Å². The van der Waals surface area contributed by atoms with E-state index in [-0.39, 0.29) is 6.61 Å². The van der Waals surface area contributed by atoms with E-state index >= 15 is 0 Å². The molecular weight excluding hydrogens is 182 g/mol. The Morgan fingerprint density at radius 3 is 2.43 bits per heavy atom. The third-order valence-corrected chi connectivity index (χ3v) is 1.52. The number of aliphatic carboxylic acids is 1. The summed E-state index contributed by atoms with van der Waals surface area (Å²) >= 11 is 0. The number of hydrogen-bond acceptors (Lipinski definition) is 3. The summed E-state index contributed by atoms with van der Waals surface area (Å²) in [6.07, 6.45) is 4.88. The maximum Gasteiger partial charge on any atom is 0.320 e. The molecule has 0 amide bonds. The Bertz CT molecular complexity index is 148. The molecule has 4 heteroatoms. The quantitative estimate of drug-likeness (QED) is 0.565. The Kier molecular flexibility index (Phi) is 13.5. The average molecular weight is 203 g/mol. The molecule has 0 aromatic carbocycles. The van der Waals surface area contributed by atoms with Crippen molar-refractivity contribution < 1.29 is 15.0 Å². The van der Waals surface area contributed by atoms with Crippen molar-refractivity contribution in [2.45, 2.75) is 38.6 Å². The molecule has 0 aliphatic carbocycles. The molecule has 0 spiro atoms. The molecule has 0 radical (unpaired) electrons. The highest BCUT2D eigenvalue weighted by Crippen LogP contribution is 1.96. The van der Waals surface area contributed by atoms with Crippen LogP contribution >= 0.6 is 0 Å². The molecule has 0 bridgehead atoms. The van der Waals surface area contributed by atoms with Crippen LogP contribution in [0.3, 0.4) is 0 Å². The van der Waals surface area contributed by atoms with Crippen LogP contribution in [0.2, 0.25) is 0 Å². The normalized spacial score (nSPS) is 11.1. The summed E-state index contributed by atoms with van der Waals surface area (Å²) in [6.45, 7) is 5.62. The number of carboxylic acid groups (broad SMARTS) is 1. The van der Waals surface area contributed by atoms with Crippen molar-refractivity contribution in [2.24, 2.45) is 5.73 Å². The van der Waals surface area contributed by atoms with Crippen LogP contribution < -0.4 is 5.73 Å². The van der Waals surface area contributed by atoms with Gasteiger partial charge in [0.05, 0.1) is 0 Å². The zero-order valence-corrected chi connectivity index (χ0v) is 8.78. The third kappa shape index (κ3) is 13.7. The molecular formula is C10H21NO3. The van der Waals surface area contributed by atoms with Gasteiger partial charge in [-0.1, -0.05) is 25.8 Å². The fraction of sp³-hybridized carbons (Fsp3) is 0.700. The van der Waals surface area contributed by atoms with E-state index in [4.69, 9.17) is 15.9 Å². The van der Waals surface area contributed by atoms with Crippen LogP contribution in [0.5, 0.6) is 0 Å². The van der Waals surface area contributed by atoms with Crippen molar-refractivity contribution in [3.8, 4) is 0 Å². The minimum Gasteiger partial charge on any atom is -0.480 e. The van der Waals surface area contributed by atoms with Crippen LogP contribution in [0.4, 0.5) is 0 Å². The van der Waals surface area contributed by atoms with E-state index in [1.54, 1.807) is 6.08 Å². The number of aliphatic hydroxyl groups is 1. The highest BCUT2D eigenvalue weighted by Gasteiger charge is 2.08. The van der Waals surface area contributed by atoms with Crippen molar-refractivity contribution in [1.82, 2.24) is 0 Å². The van der Waals surface area contributed by atoms with E-state index in [0.29, 0.717) is 12.8 Å². The molecule has 0 saturated carbocycles. The van der Waals surface area contributed by atoms with Crippen LogP contribution in [0, 0.1) is 0 Å². The second-order valence-corrected chi connectivity index (χ2v) is 2.89. The molecule has 4 nitrogen and oxygen atoms in total. The summed E-state index contributed by atoms with van der Waals surface area (Å²) < 4.78 is 0. The molecule has 4 N–H and O–H groups in total. The second-order valence-electron chi connectivity index (χ2n) is 2.89. The largest absolute Gasteiger partial charge is 0.480 e. The van der Waals surface area contributed by atoms with E-state index in [2.05, 4.69) is 6.58 Å². The number of unbranched alkanes of at least 4 members (excludes halogenated alkanes) is 1. The molecule has 14 heavy (non-hydrogen) atoms. The smallest absolute Gasteiger partial charge is 0.320 e. The summed E-state index contributed by atoms with van der Waals surface area (Å²) in [5.74, 6) is -0.900. The monoisotopic (exact) mass is 203 g/mol. The zero-order valence-electron chi connectivity index (χ0n) is 8.78. The highest BCUT2D eigenvalue weighted by molar-refractivity contribution is 5.72. The minimum atomic E-state index is -0.900. The fourth-order valence-corrected chi connectivity index (χ4v) is 0.639. The number of rotatable bonds is 6. The molecule has 0 saturated heterocycles. The summed E-state index contributed by atoms with van der Waals surface area (Å²) in [6, 6.07) is -0.662. The number of aliphatic hydroxyl groups excluding tert-OH is 1. The Labute approximate surface area is 85.4 Å². The predicted octanol–water partition coefficient (Wildman–Crippen LogP) is 1.14. The number of carboxylic acids is 1. The Morgan fingerprint density at radius 2 is 2.21 bits per heavy atom. The van der Waals surface area contributed by atoms with Gasteiger partial charge < -0.3 is 15.9 Å². The van der Waals surface area contributed by atoms with Gasteiger partial charge in [-0.25, -0.2) is 0 Å². The summed E-state index contributed by atoms with van der Waals surface area (Å²) in [7, 11) is 0. The molecule has 0 unspecified atom stereocenters. The molecule has 0 aromatic heterocycles. The SMILES string of the molecule is C=CCCO.CCCC[C@H](N)C(=O)O. The second kappa shape index (κ2) is 12.1. The molecule has 0 aliphatic heterocycles. The van der Waals surface area contributed by atoms with Crippen LogP contribution in [-0.4, -0.2) is 28.8 Å². The summed E-state index contributed by atoms with van der Waals surface area (Å²) in [5.41, 5.74) is 5.20. The molecule has 1 atom stereocenters. The standard InChI is InChI=1S/C6H13NO2.C4H8O/c1-2-3-4-5(7)6(8)9;1-2-3-4-5/h5H,2-4,7H2,1H3,(H,8,9);2,5H,1,3-4H2/t5-;/m0./s1. The lowest BCUT2D eigenvalue weighted by molar-refractivity contribution is -0.138. The number of nitrogens with two attached hydrogens (primary N) is 1. The first kappa shape index (κ1) is 15.6. The van der Waals surface area contributed by atoms with Gasteiger partial charge in [0.1, 0.15) is 6.04 Å². The highest BCUT2D eigenvalue weighted by atomic mass is 16.4. The van der Waals surface area contributed by atoms with Crippen LogP contribution in [0.25, 0.3) is 0 Å². The van der Waals surface area contributed by atoms with Crippen molar-refractivity contribution in [1.29, 1.82) is 0 Å². The predicted molar refractivity (Wildman–Crippen MR) is 57.0 cm³/mol. The van der Waals surface area contributed by atoms with E-state index in [1.165, 1.54) is 0 Å².